The summed E-state index contributed by atoms with van der Waals surface area (Å²) in [6.07, 6.45) is 0.330. The molecular formula is C16H18FNO. The van der Waals surface area contributed by atoms with E-state index in [1.54, 1.807) is 12.1 Å². The zero-order valence-electron chi connectivity index (χ0n) is 10.7. The van der Waals surface area contributed by atoms with Gasteiger partial charge in [0.15, 0.2) is 0 Å². The lowest BCUT2D eigenvalue weighted by Gasteiger charge is -2.12. The molecule has 0 heterocycles. The number of hydrogen-bond donors (Lipinski definition) is 2. The molecule has 0 saturated carbocycles. The second-order valence-electron chi connectivity index (χ2n) is 4.51. The van der Waals surface area contributed by atoms with E-state index in [1.165, 1.54) is 12.1 Å². The van der Waals surface area contributed by atoms with E-state index in [0.29, 0.717) is 6.54 Å². The van der Waals surface area contributed by atoms with Crippen LogP contribution in [0.4, 0.5) is 4.39 Å². The molecule has 2 N–H and O–H groups in total. The van der Waals surface area contributed by atoms with Gasteiger partial charge >= 0.3 is 0 Å². The molecule has 0 fully saturated rings. The zero-order chi connectivity index (χ0) is 13.5. The van der Waals surface area contributed by atoms with Crippen LogP contribution in [0.2, 0.25) is 0 Å². The summed E-state index contributed by atoms with van der Waals surface area (Å²) in [7, 11) is 0. The highest BCUT2D eigenvalue weighted by Crippen LogP contribution is 2.10. The van der Waals surface area contributed by atoms with Gasteiger partial charge in [-0.25, -0.2) is 4.39 Å². The van der Waals surface area contributed by atoms with E-state index in [-0.39, 0.29) is 5.82 Å². The molecule has 0 aromatic heterocycles. The van der Waals surface area contributed by atoms with Crippen molar-refractivity contribution in [1.82, 2.24) is 5.32 Å². The molecule has 0 bridgehead atoms. The Morgan fingerprint density at radius 2 is 1.68 bits per heavy atom. The van der Waals surface area contributed by atoms with E-state index in [9.17, 15) is 9.50 Å². The fraction of sp³-hybridized carbons (Fsp3) is 0.250. The van der Waals surface area contributed by atoms with Crippen LogP contribution < -0.4 is 5.32 Å². The molecule has 0 amide bonds. The van der Waals surface area contributed by atoms with E-state index in [2.05, 4.69) is 5.32 Å². The first-order chi connectivity index (χ1) is 9.25. The Bertz CT molecular complexity index is 484. The minimum atomic E-state index is -0.491. The van der Waals surface area contributed by atoms with E-state index in [4.69, 9.17) is 0 Å². The van der Waals surface area contributed by atoms with Crippen LogP contribution in [0, 0.1) is 5.82 Å². The maximum atomic E-state index is 12.7. The third-order valence-corrected chi connectivity index (χ3v) is 3.03. The summed E-state index contributed by atoms with van der Waals surface area (Å²) in [6, 6.07) is 16.1. The SMILES string of the molecule is O[C@@H](CNCCc1ccc(F)cc1)c1ccccc1. The summed E-state index contributed by atoms with van der Waals surface area (Å²) < 4.78 is 12.7. The summed E-state index contributed by atoms with van der Waals surface area (Å²) in [4.78, 5) is 0. The van der Waals surface area contributed by atoms with Gasteiger partial charge in [-0.05, 0) is 36.2 Å². The lowest BCUT2D eigenvalue weighted by Crippen LogP contribution is -2.23. The first-order valence-electron chi connectivity index (χ1n) is 6.44. The van der Waals surface area contributed by atoms with Gasteiger partial charge in [-0.15, -0.1) is 0 Å². The fourth-order valence-corrected chi connectivity index (χ4v) is 1.92. The van der Waals surface area contributed by atoms with Crippen LogP contribution in [0.5, 0.6) is 0 Å². The van der Waals surface area contributed by atoms with Crippen LogP contribution in [0.25, 0.3) is 0 Å². The molecule has 0 saturated heterocycles. The van der Waals surface area contributed by atoms with Gasteiger partial charge in [0, 0.05) is 6.54 Å². The van der Waals surface area contributed by atoms with Gasteiger partial charge in [-0.2, -0.15) is 0 Å². The summed E-state index contributed by atoms with van der Waals surface area (Å²) >= 11 is 0. The predicted molar refractivity (Wildman–Crippen MR) is 74.4 cm³/mol. The van der Waals surface area contributed by atoms with Crippen molar-refractivity contribution in [3.8, 4) is 0 Å². The average molecular weight is 259 g/mol. The number of aliphatic hydroxyl groups excluding tert-OH is 1. The monoisotopic (exact) mass is 259 g/mol. The van der Waals surface area contributed by atoms with E-state index in [0.717, 1.165) is 24.1 Å². The molecule has 100 valence electrons. The van der Waals surface area contributed by atoms with Crippen molar-refractivity contribution < 1.29 is 9.50 Å². The Labute approximate surface area is 112 Å². The summed E-state index contributed by atoms with van der Waals surface area (Å²) in [6.45, 7) is 1.28. The first kappa shape index (κ1) is 13.7. The van der Waals surface area contributed by atoms with Crippen LogP contribution in [-0.4, -0.2) is 18.2 Å². The molecule has 2 aromatic carbocycles. The minimum Gasteiger partial charge on any atom is -0.387 e. The molecule has 1 atom stereocenters. The number of nitrogens with one attached hydrogen (secondary N) is 1. The number of benzene rings is 2. The Morgan fingerprint density at radius 1 is 1.00 bits per heavy atom. The third kappa shape index (κ3) is 4.47. The molecule has 0 spiro atoms. The molecule has 0 radical (unpaired) electrons. The smallest absolute Gasteiger partial charge is 0.123 e. The lowest BCUT2D eigenvalue weighted by atomic mass is 10.1. The topological polar surface area (TPSA) is 32.3 Å². The summed E-state index contributed by atoms with van der Waals surface area (Å²) in [5, 5.41) is 13.1. The van der Waals surface area contributed by atoms with Gasteiger partial charge in [0.2, 0.25) is 0 Å². The third-order valence-electron chi connectivity index (χ3n) is 3.03. The molecule has 2 rings (SSSR count). The van der Waals surface area contributed by atoms with Crippen LogP contribution in [0.3, 0.4) is 0 Å². The van der Waals surface area contributed by atoms with E-state index in [1.807, 2.05) is 30.3 Å². The maximum absolute atomic E-state index is 12.7. The largest absolute Gasteiger partial charge is 0.387 e. The van der Waals surface area contributed by atoms with Gasteiger partial charge < -0.3 is 10.4 Å². The van der Waals surface area contributed by atoms with Crippen LogP contribution in [0.15, 0.2) is 54.6 Å². The van der Waals surface area contributed by atoms with Crippen molar-refractivity contribution in [1.29, 1.82) is 0 Å². The molecule has 19 heavy (non-hydrogen) atoms. The van der Waals surface area contributed by atoms with Gasteiger partial charge in [0.25, 0.3) is 0 Å². The summed E-state index contributed by atoms with van der Waals surface area (Å²) in [5.74, 6) is -0.212. The van der Waals surface area contributed by atoms with Gasteiger partial charge in [0.05, 0.1) is 6.10 Å². The highest BCUT2D eigenvalue weighted by molar-refractivity contribution is 5.18. The Kier molecular flexibility index (Phi) is 5.07. The lowest BCUT2D eigenvalue weighted by molar-refractivity contribution is 0.175. The second-order valence-corrected chi connectivity index (χ2v) is 4.51. The van der Waals surface area contributed by atoms with E-state index < -0.39 is 6.10 Å². The minimum absolute atomic E-state index is 0.212. The maximum Gasteiger partial charge on any atom is 0.123 e. The molecule has 0 aliphatic carbocycles. The van der Waals surface area contributed by atoms with Crippen molar-refractivity contribution in [2.24, 2.45) is 0 Å². The fourth-order valence-electron chi connectivity index (χ4n) is 1.92. The highest BCUT2D eigenvalue weighted by atomic mass is 19.1. The van der Waals surface area contributed by atoms with Gasteiger partial charge in [0.1, 0.15) is 5.82 Å². The molecule has 0 unspecified atom stereocenters. The molecule has 3 heteroatoms. The number of hydrogen-bond acceptors (Lipinski definition) is 2. The Hall–Kier alpha value is -1.71. The zero-order valence-corrected chi connectivity index (χ0v) is 10.7. The van der Waals surface area contributed by atoms with Crippen LogP contribution in [-0.2, 0) is 6.42 Å². The first-order valence-corrected chi connectivity index (χ1v) is 6.44. The standard InChI is InChI=1S/C16H18FNO/c17-15-8-6-13(7-9-15)10-11-18-12-16(19)14-4-2-1-3-5-14/h1-9,16,18-19H,10-12H2/t16-/m0/s1. The van der Waals surface area contributed by atoms with Crippen molar-refractivity contribution in [3.05, 3.63) is 71.5 Å². The summed E-state index contributed by atoms with van der Waals surface area (Å²) in [5.41, 5.74) is 2.00. The average Bonchev–Trinajstić information content (AvgIpc) is 2.46. The molecule has 2 nitrogen and oxygen atoms in total. The van der Waals surface area contributed by atoms with Crippen molar-refractivity contribution in [2.75, 3.05) is 13.1 Å². The van der Waals surface area contributed by atoms with Gasteiger partial charge in [-0.1, -0.05) is 42.5 Å². The molecule has 0 aliphatic heterocycles. The second kappa shape index (κ2) is 7.02. The van der Waals surface area contributed by atoms with Crippen molar-refractivity contribution >= 4 is 0 Å². The normalized spacial score (nSPS) is 12.3. The quantitative estimate of drug-likeness (QED) is 0.782. The van der Waals surface area contributed by atoms with E-state index >= 15 is 0 Å². The Morgan fingerprint density at radius 3 is 2.37 bits per heavy atom. The number of rotatable bonds is 6. The molecule has 0 aliphatic rings. The van der Waals surface area contributed by atoms with Crippen LogP contribution in [0.1, 0.15) is 17.2 Å². The van der Waals surface area contributed by atoms with Crippen molar-refractivity contribution in [3.63, 3.8) is 0 Å². The predicted octanol–water partition coefficient (Wildman–Crippen LogP) is 2.69. The van der Waals surface area contributed by atoms with Gasteiger partial charge in [-0.3, -0.25) is 0 Å². The molecule has 2 aromatic rings. The number of aliphatic hydroxyl groups is 1. The van der Waals surface area contributed by atoms with Crippen LogP contribution >= 0.6 is 0 Å². The van der Waals surface area contributed by atoms with Crippen molar-refractivity contribution in [2.45, 2.75) is 12.5 Å². The number of halogens is 1. The Balaban J connectivity index is 1.71. The molecular weight excluding hydrogens is 241 g/mol. The highest BCUT2D eigenvalue weighted by Gasteiger charge is 2.05.